The molecule has 1 amide bonds. The zero-order valence-corrected chi connectivity index (χ0v) is 17.4. The number of rotatable bonds is 7. The summed E-state index contributed by atoms with van der Waals surface area (Å²) in [6, 6.07) is 7.33. The molecular weight excluding hydrogens is 439 g/mol. The van der Waals surface area contributed by atoms with Gasteiger partial charge in [0, 0.05) is 11.6 Å². The van der Waals surface area contributed by atoms with Gasteiger partial charge in [-0.25, -0.2) is 9.37 Å². The van der Waals surface area contributed by atoms with E-state index in [0.717, 1.165) is 6.07 Å². The Morgan fingerprint density at radius 2 is 2.03 bits per heavy atom. The van der Waals surface area contributed by atoms with Gasteiger partial charge in [-0.15, -0.1) is 11.5 Å². The highest BCUT2D eigenvalue weighted by Gasteiger charge is 2.71. The van der Waals surface area contributed by atoms with E-state index < -0.39 is 5.82 Å². The standard InChI is InChI=1S/C22H16ClFN4O4/c1-2-13-3-4-15(8-25-13)31-20-28-27-19(32-20)21-10-22(11-21,12-21)26-18(29)9-30-14-5-6-16(23)17(24)7-14/h1,3-8H,9-12H2,(H,26,29). The Hall–Kier alpha value is -3.64. The maximum Gasteiger partial charge on any atom is 0.420 e. The van der Waals surface area contributed by atoms with Crippen LogP contribution in [0.3, 0.4) is 0 Å². The monoisotopic (exact) mass is 454 g/mol. The molecule has 0 aliphatic heterocycles. The summed E-state index contributed by atoms with van der Waals surface area (Å²) >= 11 is 5.63. The predicted octanol–water partition coefficient (Wildman–Crippen LogP) is 3.40. The summed E-state index contributed by atoms with van der Waals surface area (Å²) < 4.78 is 30.0. The molecule has 3 aliphatic carbocycles. The fourth-order valence-electron chi connectivity index (χ4n) is 4.29. The van der Waals surface area contributed by atoms with E-state index in [4.69, 9.17) is 31.9 Å². The van der Waals surface area contributed by atoms with E-state index in [2.05, 4.69) is 26.4 Å². The number of pyridine rings is 1. The second-order valence-corrected chi connectivity index (χ2v) is 8.41. The maximum atomic E-state index is 13.5. The van der Waals surface area contributed by atoms with Gasteiger partial charge in [0.15, 0.2) is 12.4 Å². The number of aromatic nitrogens is 3. The third kappa shape index (κ3) is 3.63. The number of halogens is 2. The molecular formula is C22H16ClFN4O4. The average molecular weight is 455 g/mol. The van der Waals surface area contributed by atoms with Gasteiger partial charge in [0.25, 0.3) is 5.91 Å². The lowest BCUT2D eigenvalue weighted by molar-refractivity contribution is -0.143. The molecule has 3 aliphatic rings. The van der Waals surface area contributed by atoms with Crippen LogP contribution in [-0.4, -0.2) is 33.2 Å². The van der Waals surface area contributed by atoms with Crippen molar-refractivity contribution in [1.29, 1.82) is 0 Å². The minimum Gasteiger partial charge on any atom is -0.484 e. The minimum atomic E-state index is -0.602. The van der Waals surface area contributed by atoms with Crippen molar-refractivity contribution in [2.24, 2.45) is 0 Å². The number of terminal acetylenes is 1. The molecule has 3 saturated carbocycles. The molecule has 1 aromatic carbocycles. The Kier molecular flexibility index (Phi) is 4.75. The number of nitrogens with zero attached hydrogens (tertiary/aromatic N) is 3. The van der Waals surface area contributed by atoms with Gasteiger partial charge in [-0.1, -0.05) is 22.6 Å². The van der Waals surface area contributed by atoms with Crippen molar-refractivity contribution in [1.82, 2.24) is 20.5 Å². The normalized spacial score (nSPS) is 22.8. The highest BCUT2D eigenvalue weighted by atomic mass is 35.5. The molecule has 10 heteroatoms. The van der Waals surface area contributed by atoms with Gasteiger partial charge in [-0.2, -0.15) is 0 Å². The Labute approximate surface area is 187 Å². The van der Waals surface area contributed by atoms with Crippen LogP contribution in [0.15, 0.2) is 40.9 Å². The van der Waals surface area contributed by atoms with Crippen LogP contribution in [0.2, 0.25) is 5.02 Å². The molecule has 2 bridgehead atoms. The van der Waals surface area contributed by atoms with Crippen molar-refractivity contribution in [3.63, 3.8) is 0 Å². The summed E-state index contributed by atoms with van der Waals surface area (Å²) in [6.07, 6.45) is 8.82. The van der Waals surface area contributed by atoms with E-state index in [1.165, 1.54) is 18.3 Å². The number of nitrogens with one attached hydrogen (secondary N) is 1. The van der Waals surface area contributed by atoms with Crippen molar-refractivity contribution in [2.45, 2.75) is 30.2 Å². The van der Waals surface area contributed by atoms with Gasteiger partial charge in [-0.3, -0.25) is 4.79 Å². The molecule has 1 N–H and O–H groups in total. The van der Waals surface area contributed by atoms with Crippen LogP contribution in [0.4, 0.5) is 4.39 Å². The Balaban J connectivity index is 1.12. The van der Waals surface area contributed by atoms with Crippen molar-refractivity contribution in [3.05, 3.63) is 59.0 Å². The van der Waals surface area contributed by atoms with Gasteiger partial charge in [0.1, 0.15) is 17.3 Å². The number of benzene rings is 1. The number of ether oxygens (including phenoxy) is 2. The first-order valence-electron chi connectivity index (χ1n) is 9.72. The maximum absolute atomic E-state index is 13.5. The zero-order chi connectivity index (χ0) is 22.3. The first-order chi connectivity index (χ1) is 15.4. The fourth-order valence-corrected chi connectivity index (χ4v) is 4.40. The molecule has 32 heavy (non-hydrogen) atoms. The topological polar surface area (TPSA) is 99.4 Å². The van der Waals surface area contributed by atoms with E-state index in [-0.39, 0.29) is 40.3 Å². The molecule has 0 radical (unpaired) electrons. The van der Waals surface area contributed by atoms with Gasteiger partial charge in [-0.05, 0) is 43.5 Å². The molecule has 2 heterocycles. The second-order valence-electron chi connectivity index (χ2n) is 8.00. The number of carbonyl (C=O) groups is 1. The summed E-state index contributed by atoms with van der Waals surface area (Å²) in [5.41, 5.74) is -0.0698. The first kappa shape index (κ1) is 20.3. The number of hydrogen-bond acceptors (Lipinski definition) is 7. The van der Waals surface area contributed by atoms with Crippen molar-refractivity contribution in [3.8, 4) is 29.9 Å². The van der Waals surface area contributed by atoms with E-state index >= 15 is 0 Å². The van der Waals surface area contributed by atoms with E-state index in [1.807, 2.05) is 0 Å². The molecule has 0 atom stereocenters. The summed E-state index contributed by atoms with van der Waals surface area (Å²) in [7, 11) is 0. The third-order valence-electron chi connectivity index (χ3n) is 5.65. The second kappa shape index (κ2) is 7.50. The van der Waals surface area contributed by atoms with Gasteiger partial charge in [0.2, 0.25) is 5.89 Å². The zero-order valence-electron chi connectivity index (χ0n) is 16.6. The van der Waals surface area contributed by atoms with E-state index in [1.54, 1.807) is 12.1 Å². The van der Waals surface area contributed by atoms with Crippen molar-refractivity contribution >= 4 is 17.5 Å². The molecule has 0 spiro atoms. The van der Waals surface area contributed by atoms with Crippen molar-refractivity contribution in [2.75, 3.05) is 6.61 Å². The Morgan fingerprint density at radius 1 is 1.25 bits per heavy atom. The molecule has 6 rings (SSSR count). The summed E-state index contributed by atoms with van der Waals surface area (Å²) in [6.45, 7) is -0.221. The summed E-state index contributed by atoms with van der Waals surface area (Å²) in [5.74, 6) is 2.68. The Bertz CT molecular complexity index is 1220. The minimum absolute atomic E-state index is 0.00554. The molecule has 2 aromatic heterocycles. The van der Waals surface area contributed by atoms with Crippen molar-refractivity contribution < 1.29 is 23.1 Å². The molecule has 8 nitrogen and oxygen atoms in total. The largest absolute Gasteiger partial charge is 0.484 e. The fraction of sp³-hybridized carbons (Fsp3) is 0.273. The lowest BCUT2D eigenvalue weighted by atomic mass is 9.39. The molecule has 3 aromatic rings. The van der Waals surface area contributed by atoms with Crippen LogP contribution in [0.5, 0.6) is 17.6 Å². The van der Waals surface area contributed by atoms with Crippen LogP contribution in [0.1, 0.15) is 30.8 Å². The predicted molar refractivity (Wildman–Crippen MR) is 110 cm³/mol. The summed E-state index contributed by atoms with van der Waals surface area (Å²) in [4.78, 5) is 16.3. The van der Waals surface area contributed by atoms with Gasteiger partial charge >= 0.3 is 6.08 Å². The smallest absolute Gasteiger partial charge is 0.420 e. The van der Waals surface area contributed by atoms with E-state index in [0.29, 0.717) is 36.6 Å². The molecule has 0 unspecified atom stereocenters. The van der Waals surface area contributed by atoms with Crippen LogP contribution in [0, 0.1) is 18.2 Å². The Morgan fingerprint density at radius 3 is 2.72 bits per heavy atom. The van der Waals surface area contributed by atoms with E-state index in [9.17, 15) is 9.18 Å². The van der Waals surface area contributed by atoms with Crippen LogP contribution >= 0.6 is 11.6 Å². The van der Waals surface area contributed by atoms with Gasteiger partial charge in [0.05, 0.1) is 16.6 Å². The lowest BCUT2D eigenvalue weighted by Gasteiger charge is -2.68. The number of amides is 1. The molecule has 162 valence electrons. The third-order valence-corrected chi connectivity index (χ3v) is 5.95. The van der Waals surface area contributed by atoms with Crippen LogP contribution in [-0.2, 0) is 10.2 Å². The summed E-state index contributed by atoms with van der Waals surface area (Å²) in [5, 5.41) is 11.0. The average Bonchev–Trinajstić information content (AvgIpc) is 3.19. The van der Waals surface area contributed by atoms with Gasteiger partial charge < -0.3 is 19.2 Å². The quantitative estimate of drug-likeness (QED) is 0.546. The van der Waals surface area contributed by atoms with Crippen LogP contribution < -0.4 is 14.8 Å². The number of carbonyl (C=O) groups excluding carboxylic acids is 1. The first-order valence-corrected chi connectivity index (χ1v) is 10.1. The van der Waals surface area contributed by atoms with Crippen LogP contribution in [0.25, 0.3) is 0 Å². The highest BCUT2D eigenvalue weighted by molar-refractivity contribution is 6.30. The number of hydrogen-bond donors (Lipinski definition) is 1. The molecule has 0 saturated heterocycles. The highest BCUT2D eigenvalue weighted by Crippen LogP contribution is 2.67. The SMILES string of the molecule is C#Cc1ccc(Oc2nnc(C34CC(NC(=O)COc5ccc(Cl)c(F)c5)(C3)C4)o2)cn1. The molecule has 3 fully saturated rings. The lowest BCUT2D eigenvalue weighted by Crippen LogP contribution is -2.77.